The fourth-order valence-electron chi connectivity index (χ4n) is 25.1. The van der Waals surface area contributed by atoms with E-state index in [0.717, 1.165) is 134 Å². The Balaban J connectivity index is 0.000000102. The van der Waals surface area contributed by atoms with Crippen LogP contribution >= 0.6 is 0 Å². The van der Waals surface area contributed by atoms with E-state index in [2.05, 4.69) is 497 Å². The van der Waals surface area contributed by atoms with Crippen molar-refractivity contribution >= 4 is 180 Å². The quantitative estimate of drug-likeness (QED) is 0.140. The Morgan fingerprint density at radius 2 is 0.440 bits per heavy atom. The molecule has 150 heavy (non-hydrogen) atoms. The number of benzene rings is 22. The Hall–Kier alpha value is -19.6. The molecule has 12 heteroatoms. The number of hydrogen-bond acceptors (Lipinski definition) is 6. The first-order valence-corrected chi connectivity index (χ1v) is 51.5. The second kappa shape index (κ2) is 32.5. The van der Waals surface area contributed by atoms with Crippen LogP contribution in [0.3, 0.4) is 0 Å². The van der Waals surface area contributed by atoms with Gasteiger partial charge in [-0.2, -0.15) is 0 Å². The lowest BCUT2D eigenvalue weighted by Crippen LogP contribution is -2.15. The fraction of sp³-hybridized carbons (Fsp3) is 0.0435. The molecule has 0 unspecified atom stereocenters. The van der Waals surface area contributed by atoms with Crippen LogP contribution in [0.25, 0.3) is 276 Å². The van der Waals surface area contributed by atoms with Gasteiger partial charge in [-0.05, 0) is 284 Å². The summed E-state index contributed by atoms with van der Waals surface area (Å²) in [6.07, 6.45) is 0. The molecule has 2 aliphatic carbocycles. The molecule has 22 aromatic carbocycles. The maximum Gasteiger partial charge on any atom is 0.221 e. The van der Waals surface area contributed by atoms with Gasteiger partial charge >= 0.3 is 0 Å². The number of fused-ring (bicyclic) bond motifs is 34. The summed E-state index contributed by atoms with van der Waals surface area (Å²) in [6, 6.07) is 171. The average Bonchev–Trinajstić information content (AvgIpc) is 1.58. The van der Waals surface area contributed by atoms with Crippen molar-refractivity contribution in [2.45, 2.75) is 38.5 Å². The zero-order valence-electron chi connectivity index (χ0n) is 82.4. The topological polar surface area (TPSA) is 105 Å². The van der Waals surface area contributed by atoms with E-state index in [-0.39, 0.29) is 10.8 Å². The van der Waals surface area contributed by atoms with Gasteiger partial charge in [0.15, 0.2) is 0 Å². The molecule has 9 heterocycles. The highest BCUT2D eigenvalue weighted by Crippen LogP contribution is 2.54. The average molecular weight is 1920 g/mol. The molecule has 0 atom stereocenters. The number of aromatic nitrogens is 12. The van der Waals surface area contributed by atoms with Crippen LogP contribution in [0, 0.1) is 0 Å². The number of rotatable bonds is 8. The van der Waals surface area contributed by atoms with Crippen molar-refractivity contribution in [3.05, 3.63) is 495 Å². The molecule has 0 amide bonds. The Labute approximate surface area is 860 Å². The van der Waals surface area contributed by atoms with Gasteiger partial charge in [0, 0.05) is 59.3 Å². The monoisotopic (exact) mass is 1910 g/mol. The van der Waals surface area contributed by atoms with Crippen molar-refractivity contribution in [3.63, 3.8) is 0 Å². The van der Waals surface area contributed by atoms with Crippen molar-refractivity contribution in [1.29, 1.82) is 0 Å². The Morgan fingerprint density at radius 1 is 0.153 bits per heavy atom. The summed E-state index contributed by atoms with van der Waals surface area (Å²) >= 11 is 0. The lowest BCUT2D eigenvalue weighted by Gasteiger charge is -2.23. The zero-order valence-corrected chi connectivity index (χ0v) is 82.4. The maximum absolute atomic E-state index is 5.35. The van der Waals surface area contributed by atoms with E-state index in [9.17, 15) is 0 Å². The maximum atomic E-state index is 5.35. The predicted molar refractivity (Wildman–Crippen MR) is 622 cm³/mol. The van der Waals surface area contributed by atoms with Crippen molar-refractivity contribution in [1.82, 2.24) is 56.8 Å². The molecule has 0 fully saturated rings. The normalized spacial score (nSPS) is 13.0. The van der Waals surface area contributed by atoms with Crippen LogP contribution in [0.15, 0.2) is 473 Å². The first kappa shape index (κ1) is 84.9. The van der Waals surface area contributed by atoms with E-state index in [1.54, 1.807) is 0 Å². The molecule has 0 saturated carbocycles. The summed E-state index contributed by atoms with van der Waals surface area (Å²) in [5.41, 5.74) is 41.1. The molecule has 0 spiro atoms. The van der Waals surface area contributed by atoms with Crippen LogP contribution in [0.5, 0.6) is 0 Å². The highest BCUT2D eigenvalue weighted by atomic mass is 15.3. The van der Waals surface area contributed by atoms with E-state index in [1.165, 1.54) is 165 Å². The van der Waals surface area contributed by atoms with Gasteiger partial charge < -0.3 is 0 Å². The molecule has 702 valence electrons. The summed E-state index contributed by atoms with van der Waals surface area (Å²) in [4.78, 5) is 31.3. The SMILES string of the molecule is CC1(C)c2cc(-c3ccc4c(c3)c3ccccc3n4-c3nc4ccccc4c4nc5ccccc5n34)ccc2-c2ccc(-c3cccc4ccccc34)cc21.CC1(C)c2ccccc2-c2ccc(-c3ccc4c(c3)c3ccccc3n4-c3nc4ccccc4c4nc5ccccc5n34)cc21.c1ccc2c(c1)cc(-c1ccc(-c3ccc4c(c3)c3ccccc3n4-c3nc4ccccc4c4nc5ccccc5n34)cc1)c1ccccc12. The van der Waals surface area contributed by atoms with Crippen molar-refractivity contribution in [3.8, 4) is 95.7 Å². The third-order valence-corrected chi connectivity index (χ3v) is 32.3. The van der Waals surface area contributed by atoms with Crippen LogP contribution < -0.4 is 0 Å². The van der Waals surface area contributed by atoms with Crippen LogP contribution in [-0.4, -0.2) is 56.8 Å². The fourth-order valence-corrected chi connectivity index (χ4v) is 25.1. The first-order valence-electron chi connectivity index (χ1n) is 51.5. The van der Waals surface area contributed by atoms with Gasteiger partial charge in [-0.3, -0.25) is 26.9 Å². The van der Waals surface area contributed by atoms with Crippen molar-refractivity contribution in [2.24, 2.45) is 0 Å². The summed E-state index contributed by atoms with van der Waals surface area (Å²) in [5.74, 6) is 2.51. The van der Waals surface area contributed by atoms with Gasteiger partial charge in [-0.25, -0.2) is 29.9 Å². The summed E-state index contributed by atoms with van der Waals surface area (Å²) in [5, 5.41) is 18.0. The molecule has 2 aliphatic rings. The third-order valence-electron chi connectivity index (χ3n) is 32.3. The summed E-state index contributed by atoms with van der Waals surface area (Å²) in [6.45, 7) is 9.44. The van der Waals surface area contributed by atoms with Gasteiger partial charge in [0.05, 0.1) is 82.8 Å². The summed E-state index contributed by atoms with van der Waals surface area (Å²) < 4.78 is 13.6. The van der Waals surface area contributed by atoms with Crippen LogP contribution in [0.1, 0.15) is 49.9 Å². The minimum atomic E-state index is -0.151. The van der Waals surface area contributed by atoms with Crippen molar-refractivity contribution in [2.75, 3.05) is 0 Å². The van der Waals surface area contributed by atoms with Crippen LogP contribution in [0.4, 0.5) is 0 Å². The standard InChI is InChI=1S/C51H34N4.C46H28N4.C41H28N4/c1-51(2)42-29-33(22-25-37(42)38-26-23-34(30-43(38)51)36-17-11-13-31-12-3-4-14-35(31)36)32-24-27-47-41(28-32)39-15-6-9-20-46(39)54(47)50-53-44-18-7-5-16-40(44)49-52-45-19-8-10-21-48(45)55(49)50;1-2-12-33-32(11-1)28-38(35-14-4-3-13-34(33)35)30-23-21-29(22-24-30)31-25-26-43-39(27-31)36-15-6-9-19-42(36)49(43)46-48-40-17-7-5-16-37(40)45-47-41-18-8-10-20-44(41)50(45)46;1-41(2)32-14-6-3-11-27(32)28-21-19-26(24-33(28)41)25-20-22-37-31(23-25)29-12-5-9-17-36(29)44(37)40-43-34-15-7-4-13-30(34)39-42-35-16-8-10-18-38(35)45(39)40/h3-30H,1-2H3;1-28H;3-24H,1-2H3. The number of hydrogen-bond donors (Lipinski definition) is 0. The van der Waals surface area contributed by atoms with E-state index >= 15 is 0 Å². The molecule has 0 bridgehead atoms. The molecule has 0 radical (unpaired) electrons. The summed E-state index contributed by atoms with van der Waals surface area (Å²) in [7, 11) is 0. The predicted octanol–water partition coefficient (Wildman–Crippen LogP) is 34.8. The van der Waals surface area contributed by atoms with E-state index in [4.69, 9.17) is 29.9 Å². The molecule has 31 aromatic rings. The lowest BCUT2D eigenvalue weighted by atomic mass is 9.80. The van der Waals surface area contributed by atoms with E-state index in [0.29, 0.717) is 0 Å². The number of para-hydroxylation sites is 12. The molecule has 0 N–H and O–H groups in total. The minimum absolute atomic E-state index is 0.0389. The highest BCUT2D eigenvalue weighted by Gasteiger charge is 2.39. The first-order chi connectivity index (χ1) is 73.9. The minimum Gasteiger partial charge on any atom is -0.279 e. The lowest BCUT2D eigenvalue weighted by molar-refractivity contribution is 0.660. The Kier molecular flexibility index (Phi) is 18.4. The number of nitrogens with zero attached hydrogens (tertiary/aromatic N) is 12. The number of imidazole rings is 3. The van der Waals surface area contributed by atoms with E-state index in [1.807, 2.05) is 30.3 Å². The molecule has 12 nitrogen and oxygen atoms in total. The van der Waals surface area contributed by atoms with Gasteiger partial charge in [0.25, 0.3) is 0 Å². The largest absolute Gasteiger partial charge is 0.279 e. The second-order valence-electron chi connectivity index (χ2n) is 41.2. The Morgan fingerprint density at radius 3 is 0.893 bits per heavy atom. The van der Waals surface area contributed by atoms with Crippen LogP contribution in [-0.2, 0) is 10.8 Å². The van der Waals surface area contributed by atoms with Gasteiger partial charge in [0.2, 0.25) is 17.8 Å². The molecular weight excluding hydrogens is 1830 g/mol. The molecule has 33 rings (SSSR count). The molecular formula is C138H90N12. The van der Waals surface area contributed by atoms with Crippen LogP contribution in [0.2, 0.25) is 0 Å². The second-order valence-corrected chi connectivity index (χ2v) is 41.2. The van der Waals surface area contributed by atoms with Crippen molar-refractivity contribution < 1.29 is 0 Å². The van der Waals surface area contributed by atoms with Gasteiger partial charge in [-0.15, -0.1) is 0 Å². The van der Waals surface area contributed by atoms with Gasteiger partial charge in [-0.1, -0.05) is 349 Å². The molecule has 9 aromatic heterocycles. The third kappa shape index (κ3) is 12.7. The zero-order chi connectivity index (χ0) is 99.0. The van der Waals surface area contributed by atoms with Gasteiger partial charge in [0.1, 0.15) is 16.9 Å². The highest BCUT2D eigenvalue weighted by molar-refractivity contribution is 6.17. The molecule has 0 aliphatic heterocycles. The Bertz CT molecular complexity index is 11200. The van der Waals surface area contributed by atoms with E-state index < -0.39 is 0 Å². The smallest absolute Gasteiger partial charge is 0.221 e. The molecule has 0 saturated heterocycles.